The highest BCUT2D eigenvalue weighted by Crippen LogP contribution is 2.39. The predicted octanol–water partition coefficient (Wildman–Crippen LogP) is 1.07. The van der Waals surface area contributed by atoms with Crippen molar-refractivity contribution < 1.29 is 31.5 Å². The third-order valence-corrected chi connectivity index (χ3v) is 1.43. The van der Waals surface area contributed by atoms with Crippen LogP contribution < -0.4 is 0 Å². The van der Waals surface area contributed by atoms with Crippen molar-refractivity contribution in [1.29, 1.82) is 0 Å². The van der Waals surface area contributed by atoms with Gasteiger partial charge < -0.3 is 0 Å². The molecule has 78 valence electrons. The van der Waals surface area contributed by atoms with E-state index < -0.39 is 28.9 Å². The maximum Gasteiger partial charge on any atom is 0.476 e. The molecule has 1 aliphatic heterocycles. The van der Waals surface area contributed by atoms with E-state index >= 15 is 0 Å². The van der Waals surface area contributed by atoms with Crippen molar-refractivity contribution in [3.8, 4) is 0 Å². The van der Waals surface area contributed by atoms with Crippen molar-refractivity contribution in [2.45, 2.75) is 12.2 Å². The summed E-state index contributed by atoms with van der Waals surface area (Å²) in [6.07, 6.45) is -5.27. The van der Waals surface area contributed by atoms with E-state index in [1.807, 2.05) is 0 Å². The van der Waals surface area contributed by atoms with E-state index in [1.165, 1.54) is 0 Å². The van der Waals surface area contributed by atoms with Crippen molar-refractivity contribution in [3.05, 3.63) is 12.2 Å². The lowest BCUT2D eigenvalue weighted by atomic mass is 10.4. The van der Waals surface area contributed by atoms with Crippen LogP contribution in [0.15, 0.2) is 12.2 Å². The van der Waals surface area contributed by atoms with E-state index in [0.717, 1.165) is 0 Å². The zero-order chi connectivity index (χ0) is 11.1. The molecule has 1 rings (SSSR count). The Labute approximate surface area is 73.8 Å². The van der Waals surface area contributed by atoms with Gasteiger partial charge in [-0.2, -0.15) is 22.0 Å². The molecule has 0 bridgehead atoms. The molecule has 0 unspecified atom stereocenters. The predicted molar refractivity (Wildman–Crippen MR) is 32.0 cm³/mol. The lowest BCUT2D eigenvalue weighted by molar-refractivity contribution is -0.324. The molecule has 8 heteroatoms. The Kier molecular flexibility index (Phi) is 2.09. The maximum atomic E-state index is 12.5. The van der Waals surface area contributed by atoms with E-state index in [9.17, 15) is 31.5 Å². The molecular weight excluding hydrogens is 213 g/mol. The minimum Gasteiger partial charge on any atom is -0.269 e. The SMILES string of the molecule is O=C1C=CC(=O)N1C(F)(F)C(F)(F)F. The molecular formula is C6H2F5NO2. The lowest BCUT2D eigenvalue weighted by Gasteiger charge is -2.26. The highest BCUT2D eigenvalue weighted by molar-refractivity contribution is 6.13. The minimum atomic E-state index is -5.97. The van der Waals surface area contributed by atoms with Crippen molar-refractivity contribution in [2.75, 3.05) is 0 Å². The Morgan fingerprint density at radius 3 is 1.57 bits per heavy atom. The molecule has 0 aromatic rings. The first-order chi connectivity index (χ1) is 6.18. The molecule has 0 aromatic heterocycles. The molecule has 0 aromatic carbocycles. The number of halogens is 5. The molecule has 1 heterocycles. The minimum absolute atomic E-state index is 0.349. The van der Waals surface area contributed by atoms with Crippen LogP contribution in [0.5, 0.6) is 0 Å². The number of amides is 2. The topological polar surface area (TPSA) is 37.4 Å². The largest absolute Gasteiger partial charge is 0.476 e. The fraction of sp³-hybridized carbons (Fsp3) is 0.333. The second kappa shape index (κ2) is 2.76. The van der Waals surface area contributed by atoms with Crippen LogP contribution in [0, 0.1) is 0 Å². The molecule has 0 spiro atoms. The Hall–Kier alpha value is -1.47. The number of carbonyl (C=O) groups is 2. The van der Waals surface area contributed by atoms with Crippen LogP contribution in [0.3, 0.4) is 0 Å². The highest BCUT2D eigenvalue weighted by atomic mass is 19.4. The van der Waals surface area contributed by atoms with Gasteiger partial charge >= 0.3 is 12.2 Å². The lowest BCUT2D eigenvalue weighted by Crippen LogP contribution is -2.54. The smallest absolute Gasteiger partial charge is 0.269 e. The van der Waals surface area contributed by atoms with Crippen LogP contribution in [-0.4, -0.2) is 28.9 Å². The van der Waals surface area contributed by atoms with Gasteiger partial charge in [-0.25, -0.2) is 4.90 Å². The summed E-state index contributed by atoms with van der Waals surface area (Å²) in [5.74, 6) is -3.37. The van der Waals surface area contributed by atoms with Crippen LogP contribution in [0.2, 0.25) is 0 Å². The Bertz CT molecular complexity index is 301. The monoisotopic (exact) mass is 215 g/mol. The van der Waals surface area contributed by atoms with Gasteiger partial charge in [-0.1, -0.05) is 0 Å². The molecule has 3 nitrogen and oxygen atoms in total. The fourth-order valence-corrected chi connectivity index (χ4v) is 0.804. The summed E-state index contributed by atoms with van der Waals surface area (Å²) >= 11 is 0. The van der Waals surface area contributed by atoms with Crippen molar-refractivity contribution in [3.63, 3.8) is 0 Å². The number of nitrogens with zero attached hydrogens (tertiary/aromatic N) is 1. The highest BCUT2D eigenvalue weighted by Gasteiger charge is 2.65. The normalized spacial score (nSPS) is 18.2. The molecule has 0 atom stereocenters. The van der Waals surface area contributed by atoms with Crippen molar-refractivity contribution in [2.24, 2.45) is 0 Å². The van der Waals surface area contributed by atoms with E-state index in [2.05, 4.69) is 0 Å². The van der Waals surface area contributed by atoms with Gasteiger partial charge in [-0.3, -0.25) is 9.59 Å². The van der Waals surface area contributed by atoms with Gasteiger partial charge in [-0.05, 0) is 0 Å². The standard InChI is InChI=1S/C6H2F5NO2/c7-5(8,9)6(10,11)12-3(13)1-2-4(12)14/h1-2H. The summed E-state index contributed by atoms with van der Waals surface area (Å²) in [7, 11) is 0. The van der Waals surface area contributed by atoms with Crippen LogP contribution in [0.1, 0.15) is 0 Å². The van der Waals surface area contributed by atoms with Crippen molar-refractivity contribution in [1.82, 2.24) is 4.90 Å². The van der Waals surface area contributed by atoms with Crippen molar-refractivity contribution >= 4 is 11.8 Å². The number of alkyl halides is 5. The van der Waals surface area contributed by atoms with E-state index in [1.54, 1.807) is 0 Å². The van der Waals surface area contributed by atoms with Gasteiger partial charge in [0.15, 0.2) is 0 Å². The molecule has 0 N–H and O–H groups in total. The fourth-order valence-electron chi connectivity index (χ4n) is 0.804. The zero-order valence-electron chi connectivity index (χ0n) is 6.31. The summed E-state index contributed by atoms with van der Waals surface area (Å²) < 4.78 is 60.0. The van der Waals surface area contributed by atoms with Gasteiger partial charge in [-0.15, -0.1) is 0 Å². The molecule has 0 saturated carbocycles. The first kappa shape index (κ1) is 10.6. The van der Waals surface area contributed by atoms with Crippen LogP contribution >= 0.6 is 0 Å². The summed E-state index contributed by atoms with van der Waals surface area (Å²) in [6.45, 7) is 0. The molecule has 0 aliphatic carbocycles. The summed E-state index contributed by atoms with van der Waals surface area (Å²) in [5.41, 5.74) is 0. The molecule has 1 aliphatic rings. The third kappa shape index (κ3) is 1.36. The molecule has 0 saturated heterocycles. The number of hydrogen-bond donors (Lipinski definition) is 0. The average Bonchev–Trinajstić information content (AvgIpc) is 2.28. The van der Waals surface area contributed by atoms with E-state index in [0.29, 0.717) is 12.2 Å². The van der Waals surface area contributed by atoms with Crippen LogP contribution in [0.25, 0.3) is 0 Å². The number of imide groups is 1. The second-order valence-corrected chi connectivity index (χ2v) is 2.38. The van der Waals surface area contributed by atoms with Crippen LogP contribution in [0.4, 0.5) is 22.0 Å². The molecule has 14 heavy (non-hydrogen) atoms. The average molecular weight is 215 g/mol. The van der Waals surface area contributed by atoms with Crippen LogP contribution in [-0.2, 0) is 9.59 Å². The molecule has 0 radical (unpaired) electrons. The number of carbonyl (C=O) groups excluding carboxylic acids is 2. The molecule has 0 fully saturated rings. The van der Waals surface area contributed by atoms with Gasteiger partial charge in [0.05, 0.1) is 0 Å². The van der Waals surface area contributed by atoms with Gasteiger partial charge in [0.1, 0.15) is 0 Å². The summed E-state index contributed by atoms with van der Waals surface area (Å²) in [5, 5.41) is 0. The summed E-state index contributed by atoms with van der Waals surface area (Å²) in [4.78, 5) is 19.9. The quantitative estimate of drug-likeness (QED) is 0.372. The number of hydrogen-bond acceptors (Lipinski definition) is 2. The van der Waals surface area contributed by atoms with Gasteiger partial charge in [0.25, 0.3) is 11.8 Å². The first-order valence-electron chi connectivity index (χ1n) is 3.18. The Balaban J connectivity index is 3.06. The van der Waals surface area contributed by atoms with E-state index in [-0.39, 0.29) is 0 Å². The van der Waals surface area contributed by atoms with Gasteiger partial charge in [0.2, 0.25) is 0 Å². The molecule has 2 amide bonds. The Morgan fingerprint density at radius 2 is 1.29 bits per heavy atom. The van der Waals surface area contributed by atoms with E-state index in [4.69, 9.17) is 0 Å². The van der Waals surface area contributed by atoms with Gasteiger partial charge in [0, 0.05) is 12.2 Å². The maximum absolute atomic E-state index is 12.5. The zero-order valence-corrected chi connectivity index (χ0v) is 6.31. The number of rotatable bonds is 1. The Morgan fingerprint density at radius 1 is 0.929 bits per heavy atom. The first-order valence-corrected chi connectivity index (χ1v) is 3.18. The third-order valence-electron chi connectivity index (χ3n) is 1.43. The summed E-state index contributed by atoms with van der Waals surface area (Å²) in [6, 6.07) is -5.47. The second-order valence-electron chi connectivity index (χ2n) is 2.38.